The van der Waals surface area contributed by atoms with Crippen molar-refractivity contribution in [3.8, 4) is 5.69 Å². The van der Waals surface area contributed by atoms with Crippen LogP contribution in [0.4, 0.5) is 19.0 Å². The van der Waals surface area contributed by atoms with E-state index in [1.54, 1.807) is 6.20 Å². The lowest BCUT2D eigenvalue weighted by molar-refractivity contribution is -0.137. The molecular weight excluding hydrogens is 255 g/mol. The van der Waals surface area contributed by atoms with E-state index < -0.39 is 11.7 Å². The third-order valence-corrected chi connectivity index (χ3v) is 2.90. The van der Waals surface area contributed by atoms with Gasteiger partial charge in [0, 0.05) is 5.56 Å². The van der Waals surface area contributed by atoms with E-state index in [-0.39, 0.29) is 5.92 Å². The van der Waals surface area contributed by atoms with Gasteiger partial charge in [-0.3, -0.25) is 0 Å². The van der Waals surface area contributed by atoms with Crippen molar-refractivity contribution in [2.24, 2.45) is 0 Å². The molecule has 2 N–H and O–H groups in total. The fourth-order valence-electron chi connectivity index (χ4n) is 1.81. The Labute approximate surface area is 108 Å². The van der Waals surface area contributed by atoms with Gasteiger partial charge in [0.1, 0.15) is 5.82 Å². The number of aromatic nitrogens is 2. The van der Waals surface area contributed by atoms with Gasteiger partial charge in [-0.05, 0) is 30.2 Å². The zero-order valence-electron chi connectivity index (χ0n) is 10.6. The summed E-state index contributed by atoms with van der Waals surface area (Å²) in [5.74, 6) is 0.665. The molecule has 0 fully saturated rings. The minimum atomic E-state index is -4.34. The van der Waals surface area contributed by atoms with Gasteiger partial charge in [-0.2, -0.15) is 18.3 Å². The Morgan fingerprint density at radius 3 is 2.16 bits per heavy atom. The second-order valence-electron chi connectivity index (χ2n) is 4.60. The number of hydrogen-bond donors (Lipinski definition) is 1. The Balaban J connectivity index is 2.38. The molecule has 2 rings (SSSR count). The predicted octanol–water partition coefficient (Wildman–Crippen LogP) is 3.60. The number of anilines is 1. The molecule has 2 aromatic rings. The zero-order valence-corrected chi connectivity index (χ0v) is 10.6. The van der Waals surface area contributed by atoms with Gasteiger partial charge in [-0.15, -0.1) is 0 Å². The molecule has 0 saturated carbocycles. The van der Waals surface area contributed by atoms with Gasteiger partial charge in [0.15, 0.2) is 0 Å². The highest BCUT2D eigenvalue weighted by Gasteiger charge is 2.30. The van der Waals surface area contributed by atoms with Crippen LogP contribution in [0.1, 0.15) is 30.9 Å². The molecule has 0 aliphatic carbocycles. The maximum atomic E-state index is 12.5. The maximum Gasteiger partial charge on any atom is 0.416 e. The molecule has 0 spiro atoms. The fourth-order valence-corrected chi connectivity index (χ4v) is 1.81. The Bertz CT molecular complexity index is 568. The smallest absolute Gasteiger partial charge is 0.383 e. The van der Waals surface area contributed by atoms with Gasteiger partial charge < -0.3 is 5.73 Å². The molecule has 19 heavy (non-hydrogen) atoms. The molecule has 0 bridgehead atoms. The summed E-state index contributed by atoms with van der Waals surface area (Å²) in [6, 6.07) is 4.75. The number of hydrogen-bond acceptors (Lipinski definition) is 2. The van der Waals surface area contributed by atoms with Crippen LogP contribution in [0.5, 0.6) is 0 Å². The number of nitrogens with two attached hydrogens (primary N) is 1. The molecule has 1 heterocycles. The molecule has 6 heteroatoms. The Hall–Kier alpha value is -1.98. The van der Waals surface area contributed by atoms with Crippen LogP contribution in [-0.4, -0.2) is 9.78 Å². The van der Waals surface area contributed by atoms with Crippen LogP contribution in [0.15, 0.2) is 30.5 Å². The summed E-state index contributed by atoms with van der Waals surface area (Å²) in [5, 5.41) is 4.11. The summed E-state index contributed by atoms with van der Waals surface area (Å²) in [5.41, 5.74) is 6.64. The summed E-state index contributed by atoms with van der Waals surface area (Å²) in [4.78, 5) is 0. The van der Waals surface area contributed by atoms with Crippen molar-refractivity contribution in [1.29, 1.82) is 0 Å². The largest absolute Gasteiger partial charge is 0.416 e. The minimum Gasteiger partial charge on any atom is -0.383 e. The zero-order chi connectivity index (χ0) is 14.2. The van der Waals surface area contributed by atoms with Gasteiger partial charge in [-0.1, -0.05) is 13.8 Å². The van der Waals surface area contributed by atoms with Crippen LogP contribution >= 0.6 is 0 Å². The van der Waals surface area contributed by atoms with E-state index >= 15 is 0 Å². The van der Waals surface area contributed by atoms with Gasteiger partial charge in [0.05, 0.1) is 17.4 Å². The number of halogens is 3. The third-order valence-electron chi connectivity index (χ3n) is 2.90. The summed E-state index contributed by atoms with van der Waals surface area (Å²) >= 11 is 0. The summed E-state index contributed by atoms with van der Waals surface area (Å²) in [7, 11) is 0. The first-order valence-corrected chi connectivity index (χ1v) is 5.81. The van der Waals surface area contributed by atoms with Crippen molar-refractivity contribution in [3.63, 3.8) is 0 Å². The van der Waals surface area contributed by atoms with Crippen molar-refractivity contribution in [1.82, 2.24) is 9.78 Å². The molecule has 3 nitrogen and oxygen atoms in total. The van der Waals surface area contributed by atoms with Crippen LogP contribution < -0.4 is 5.73 Å². The molecule has 0 aliphatic heterocycles. The number of rotatable bonds is 2. The van der Waals surface area contributed by atoms with Crippen molar-refractivity contribution in [2.45, 2.75) is 25.9 Å². The lowest BCUT2D eigenvalue weighted by Gasteiger charge is -2.09. The van der Waals surface area contributed by atoms with Crippen LogP contribution in [-0.2, 0) is 6.18 Å². The molecule has 1 aromatic carbocycles. The molecule has 0 saturated heterocycles. The quantitative estimate of drug-likeness (QED) is 0.905. The average Bonchev–Trinajstić information content (AvgIpc) is 2.70. The van der Waals surface area contributed by atoms with Gasteiger partial charge in [0.25, 0.3) is 0 Å². The van der Waals surface area contributed by atoms with Crippen molar-refractivity contribution >= 4 is 5.82 Å². The fraction of sp³-hybridized carbons (Fsp3) is 0.308. The van der Waals surface area contributed by atoms with Gasteiger partial charge >= 0.3 is 6.18 Å². The Morgan fingerprint density at radius 1 is 1.16 bits per heavy atom. The second kappa shape index (κ2) is 4.60. The lowest BCUT2D eigenvalue weighted by atomic mass is 10.1. The topological polar surface area (TPSA) is 43.8 Å². The molecule has 0 radical (unpaired) electrons. The van der Waals surface area contributed by atoms with Crippen LogP contribution in [0.25, 0.3) is 5.69 Å². The second-order valence-corrected chi connectivity index (χ2v) is 4.60. The van der Waals surface area contributed by atoms with Crippen LogP contribution in [0, 0.1) is 0 Å². The SMILES string of the molecule is CC(C)c1cnn(-c2ccc(C(F)(F)F)cc2)c1N. The molecule has 102 valence electrons. The predicted molar refractivity (Wildman–Crippen MR) is 67.1 cm³/mol. The summed E-state index contributed by atoms with van der Waals surface area (Å²) in [6.07, 6.45) is -2.70. The first-order chi connectivity index (χ1) is 8.80. The number of nitrogens with zero attached hydrogens (tertiary/aromatic N) is 2. The highest BCUT2D eigenvalue weighted by atomic mass is 19.4. The van der Waals surface area contributed by atoms with Crippen molar-refractivity contribution in [3.05, 3.63) is 41.6 Å². The van der Waals surface area contributed by atoms with Crippen LogP contribution in [0.2, 0.25) is 0 Å². The van der Waals surface area contributed by atoms with Crippen LogP contribution in [0.3, 0.4) is 0 Å². The highest BCUT2D eigenvalue weighted by molar-refractivity contribution is 5.48. The normalized spacial score (nSPS) is 12.1. The first kappa shape index (κ1) is 13.5. The minimum absolute atomic E-state index is 0.211. The standard InChI is InChI=1S/C13H14F3N3/c1-8(2)11-7-18-19(12(11)17)10-5-3-9(4-6-10)13(14,15)16/h3-8H,17H2,1-2H3. The monoisotopic (exact) mass is 269 g/mol. The van der Waals surface area contributed by atoms with Gasteiger partial charge in [-0.25, -0.2) is 4.68 Å². The van der Waals surface area contributed by atoms with E-state index in [9.17, 15) is 13.2 Å². The molecular formula is C13H14F3N3. The molecule has 0 unspecified atom stereocenters. The third kappa shape index (κ3) is 2.57. The van der Waals surface area contributed by atoms with E-state index in [2.05, 4.69) is 5.10 Å². The number of alkyl halides is 3. The van der Waals surface area contributed by atoms with E-state index in [0.29, 0.717) is 11.5 Å². The van der Waals surface area contributed by atoms with Gasteiger partial charge in [0.2, 0.25) is 0 Å². The molecule has 0 aliphatic rings. The number of benzene rings is 1. The molecule has 1 aromatic heterocycles. The average molecular weight is 269 g/mol. The van der Waals surface area contributed by atoms with Crippen molar-refractivity contribution in [2.75, 3.05) is 5.73 Å². The highest BCUT2D eigenvalue weighted by Crippen LogP contribution is 2.30. The Kier molecular flexibility index (Phi) is 3.26. The Morgan fingerprint density at radius 2 is 1.74 bits per heavy atom. The van der Waals surface area contributed by atoms with Crippen molar-refractivity contribution < 1.29 is 13.2 Å². The van der Waals surface area contributed by atoms with E-state index in [1.807, 2.05) is 13.8 Å². The summed E-state index contributed by atoms with van der Waals surface area (Å²) in [6.45, 7) is 3.95. The molecule has 0 amide bonds. The van der Waals surface area contributed by atoms with E-state index in [4.69, 9.17) is 5.73 Å². The number of nitrogen functional groups attached to an aromatic ring is 1. The molecule has 0 atom stereocenters. The maximum absolute atomic E-state index is 12.5. The summed E-state index contributed by atoms with van der Waals surface area (Å²) < 4.78 is 38.8. The van der Waals surface area contributed by atoms with E-state index in [1.165, 1.54) is 16.8 Å². The first-order valence-electron chi connectivity index (χ1n) is 5.81. The van der Waals surface area contributed by atoms with E-state index in [0.717, 1.165) is 17.7 Å². The lowest BCUT2D eigenvalue weighted by Crippen LogP contribution is -2.07.